The number of aromatic nitrogens is 1. The molecule has 1 aromatic carbocycles. The number of nitrogens with zero attached hydrogens (tertiary/aromatic N) is 1. The minimum atomic E-state index is -0.875. The molecule has 0 aliphatic heterocycles. The summed E-state index contributed by atoms with van der Waals surface area (Å²) in [7, 11) is 0. The molecule has 0 saturated heterocycles. The number of rotatable bonds is 4. The maximum absolute atomic E-state index is 10.8. The summed E-state index contributed by atoms with van der Waals surface area (Å²) in [5.74, 6) is -0.307. The quantitative estimate of drug-likeness (QED) is 0.910. The molecule has 0 unspecified atom stereocenters. The summed E-state index contributed by atoms with van der Waals surface area (Å²) >= 11 is 3.38. The first-order valence-electron chi connectivity index (χ1n) is 5.33. The maximum atomic E-state index is 10.8. The number of anilines is 2. The van der Waals surface area contributed by atoms with Crippen molar-refractivity contribution in [3.63, 3.8) is 0 Å². The average molecular weight is 307 g/mol. The lowest BCUT2D eigenvalue weighted by molar-refractivity contribution is -0.136. The number of halogens is 1. The van der Waals surface area contributed by atoms with Crippen LogP contribution in [0.3, 0.4) is 0 Å². The SMILES string of the molecule is O=C(O)Cc1cccnc1Nc1cccc(Br)c1. The van der Waals surface area contributed by atoms with Crippen LogP contribution in [0.4, 0.5) is 11.5 Å². The predicted octanol–water partition coefficient (Wildman–Crippen LogP) is 3.21. The van der Waals surface area contributed by atoms with Gasteiger partial charge in [-0.25, -0.2) is 4.98 Å². The monoisotopic (exact) mass is 306 g/mol. The van der Waals surface area contributed by atoms with Crippen molar-refractivity contribution in [2.45, 2.75) is 6.42 Å². The summed E-state index contributed by atoms with van der Waals surface area (Å²) in [6.07, 6.45) is 1.58. The average Bonchev–Trinajstić information content (AvgIpc) is 2.31. The second-order valence-electron chi connectivity index (χ2n) is 3.72. The molecule has 4 nitrogen and oxygen atoms in total. The second-order valence-corrected chi connectivity index (χ2v) is 4.63. The van der Waals surface area contributed by atoms with Crippen molar-refractivity contribution in [1.82, 2.24) is 4.98 Å². The number of hydrogen-bond donors (Lipinski definition) is 2. The lowest BCUT2D eigenvalue weighted by Gasteiger charge is -2.09. The van der Waals surface area contributed by atoms with Crippen molar-refractivity contribution in [3.05, 3.63) is 52.6 Å². The number of carboxylic acids is 1. The van der Waals surface area contributed by atoms with Gasteiger partial charge in [-0.1, -0.05) is 28.1 Å². The predicted molar refractivity (Wildman–Crippen MR) is 73.0 cm³/mol. The molecule has 92 valence electrons. The van der Waals surface area contributed by atoms with E-state index < -0.39 is 5.97 Å². The Morgan fingerprint density at radius 2 is 2.17 bits per heavy atom. The van der Waals surface area contributed by atoms with E-state index in [0.717, 1.165) is 10.2 Å². The molecular weight excluding hydrogens is 296 g/mol. The standard InChI is InChI=1S/C13H11BrN2O2/c14-10-4-1-5-11(8-10)16-13-9(7-12(17)18)3-2-6-15-13/h1-6,8H,7H2,(H,15,16)(H,17,18). The lowest BCUT2D eigenvalue weighted by Crippen LogP contribution is -2.05. The fourth-order valence-electron chi connectivity index (χ4n) is 1.56. The largest absolute Gasteiger partial charge is 0.481 e. The van der Waals surface area contributed by atoms with E-state index in [4.69, 9.17) is 5.11 Å². The Labute approximate surface area is 113 Å². The molecule has 0 radical (unpaired) electrons. The summed E-state index contributed by atoms with van der Waals surface area (Å²) in [5.41, 5.74) is 1.51. The second kappa shape index (κ2) is 5.64. The van der Waals surface area contributed by atoms with Crippen LogP contribution in [0.5, 0.6) is 0 Å². The molecule has 1 heterocycles. The Kier molecular flexibility index (Phi) is 3.94. The molecular formula is C13H11BrN2O2. The van der Waals surface area contributed by atoms with Crippen molar-refractivity contribution >= 4 is 33.4 Å². The Morgan fingerprint density at radius 1 is 1.33 bits per heavy atom. The van der Waals surface area contributed by atoms with Gasteiger partial charge in [0.2, 0.25) is 0 Å². The van der Waals surface area contributed by atoms with Crippen LogP contribution in [0.2, 0.25) is 0 Å². The Bertz CT molecular complexity index is 572. The first-order chi connectivity index (χ1) is 8.65. The van der Waals surface area contributed by atoms with E-state index in [2.05, 4.69) is 26.2 Å². The fourth-order valence-corrected chi connectivity index (χ4v) is 1.96. The molecule has 0 spiro atoms. The van der Waals surface area contributed by atoms with E-state index in [1.807, 2.05) is 24.3 Å². The highest BCUT2D eigenvalue weighted by atomic mass is 79.9. The number of carboxylic acid groups (broad SMARTS) is 1. The molecule has 0 atom stereocenters. The summed E-state index contributed by atoms with van der Waals surface area (Å²) in [6.45, 7) is 0. The van der Waals surface area contributed by atoms with Crippen LogP contribution < -0.4 is 5.32 Å². The molecule has 18 heavy (non-hydrogen) atoms. The summed E-state index contributed by atoms with van der Waals surface area (Å²) < 4.78 is 0.947. The van der Waals surface area contributed by atoms with Gasteiger partial charge in [-0.05, 0) is 24.3 Å². The molecule has 0 aliphatic rings. The molecule has 5 heteroatoms. The number of benzene rings is 1. The van der Waals surface area contributed by atoms with Crippen LogP contribution in [0.15, 0.2) is 47.1 Å². The van der Waals surface area contributed by atoms with Crippen LogP contribution in [0, 0.1) is 0 Å². The molecule has 0 aliphatic carbocycles. The van der Waals surface area contributed by atoms with E-state index in [1.165, 1.54) is 0 Å². The van der Waals surface area contributed by atoms with Crippen molar-refractivity contribution in [1.29, 1.82) is 0 Å². The Balaban J connectivity index is 2.26. The van der Waals surface area contributed by atoms with Gasteiger partial charge in [0.25, 0.3) is 0 Å². The Hall–Kier alpha value is -1.88. The molecule has 2 rings (SSSR count). The summed E-state index contributed by atoms with van der Waals surface area (Å²) in [5, 5.41) is 12.0. The number of hydrogen-bond acceptors (Lipinski definition) is 3. The third-order valence-electron chi connectivity index (χ3n) is 2.32. The van der Waals surface area contributed by atoms with Crippen molar-refractivity contribution in [2.75, 3.05) is 5.32 Å². The van der Waals surface area contributed by atoms with Crippen LogP contribution >= 0.6 is 15.9 Å². The molecule has 0 fully saturated rings. The van der Waals surface area contributed by atoms with Gasteiger partial charge in [-0.15, -0.1) is 0 Å². The van der Waals surface area contributed by atoms with Crippen LogP contribution in [-0.4, -0.2) is 16.1 Å². The van der Waals surface area contributed by atoms with E-state index in [9.17, 15) is 4.79 Å². The van der Waals surface area contributed by atoms with E-state index in [0.29, 0.717) is 11.4 Å². The molecule has 0 bridgehead atoms. The van der Waals surface area contributed by atoms with Gasteiger partial charge in [0.15, 0.2) is 0 Å². The van der Waals surface area contributed by atoms with Gasteiger partial charge in [-0.3, -0.25) is 4.79 Å². The highest BCUT2D eigenvalue weighted by Crippen LogP contribution is 2.21. The normalized spacial score (nSPS) is 10.1. The van der Waals surface area contributed by atoms with Crippen molar-refractivity contribution < 1.29 is 9.90 Å². The highest BCUT2D eigenvalue weighted by Gasteiger charge is 2.07. The zero-order valence-corrected chi connectivity index (χ0v) is 11.0. The van der Waals surface area contributed by atoms with Gasteiger partial charge >= 0.3 is 5.97 Å². The lowest BCUT2D eigenvalue weighted by atomic mass is 10.2. The third kappa shape index (κ3) is 3.30. The van der Waals surface area contributed by atoms with Gasteiger partial charge in [-0.2, -0.15) is 0 Å². The minimum absolute atomic E-state index is 0.0514. The molecule has 2 aromatic rings. The van der Waals surface area contributed by atoms with Gasteiger partial charge in [0.1, 0.15) is 5.82 Å². The molecule has 0 saturated carbocycles. The third-order valence-corrected chi connectivity index (χ3v) is 2.81. The van der Waals surface area contributed by atoms with Gasteiger partial charge < -0.3 is 10.4 Å². The zero-order chi connectivity index (χ0) is 13.0. The number of aliphatic carboxylic acids is 1. The first kappa shape index (κ1) is 12.6. The first-order valence-corrected chi connectivity index (χ1v) is 6.13. The van der Waals surface area contributed by atoms with E-state index in [-0.39, 0.29) is 6.42 Å². The highest BCUT2D eigenvalue weighted by molar-refractivity contribution is 9.10. The van der Waals surface area contributed by atoms with Crippen LogP contribution in [0.1, 0.15) is 5.56 Å². The molecule has 0 amide bonds. The van der Waals surface area contributed by atoms with Crippen LogP contribution in [0.25, 0.3) is 0 Å². The topological polar surface area (TPSA) is 62.2 Å². The summed E-state index contributed by atoms with van der Waals surface area (Å²) in [6, 6.07) is 11.1. The maximum Gasteiger partial charge on any atom is 0.307 e. The van der Waals surface area contributed by atoms with Gasteiger partial charge in [0, 0.05) is 21.9 Å². The Morgan fingerprint density at radius 3 is 2.89 bits per heavy atom. The summed E-state index contributed by atoms with van der Waals surface area (Å²) in [4.78, 5) is 14.9. The molecule has 2 N–H and O–H groups in total. The van der Waals surface area contributed by atoms with Crippen molar-refractivity contribution in [2.24, 2.45) is 0 Å². The number of nitrogens with one attached hydrogen (secondary N) is 1. The number of carbonyl (C=O) groups is 1. The number of pyridine rings is 1. The smallest absolute Gasteiger partial charge is 0.307 e. The minimum Gasteiger partial charge on any atom is -0.481 e. The fraction of sp³-hybridized carbons (Fsp3) is 0.0769. The van der Waals surface area contributed by atoms with Crippen LogP contribution in [-0.2, 0) is 11.2 Å². The van der Waals surface area contributed by atoms with E-state index in [1.54, 1.807) is 18.3 Å². The molecule has 1 aromatic heterocycles. The van der Waals surface area contributed by atoms with Gasteiger partial charge in [0.05, 0.1) is 6.42 Å². The zero-order valence-electron chi connectivity index (χ0n) is 9.43. The van der Waals surface area contributed by atoms with E-state index >= 15 is 0 Å². The van der Waals surface area contributed by atoms with Crippen molar-refractivity contribution in [3.8, 4) is 0 Å².